The van der Waals surface area contributed by atoms with Crippen molar-refractivity contribution in [3.8, 4) is 0 Å². The third-order valence-corrected chi connectivity index (χ3v) is 6.05. The van der Waals surface area contributed by atoms with Crippen molar-refractivity contribution in [3.63, 3.8) is 0 Å². The van der Waals surface area contributed by atoms with Gasteiger partial charge in [-0.3, -0.25) is 4.48 Å². The van der Waals surface area contributed by atoms with Gasteiger partial charge in [0.05, 0.1) is 6.54 Å². The van der Waals surface area contributed by atoms with Gasteiger partial charge < -0.3 is 15.3 Å². The van der Waals surface area contributed by atoms with Crippen molar-refractivity contribution >= 4 is 17.9 Å². The van der Waals surface area contributed by atoms with E-state index in [2.05, 4.69) is 19.1 Å². The lowest BCUT2D eigenvalue weighted by atomic mass is 10.00. The molecule has 0 spiro atoms. The average molecular weight is 415 g/mol. The Kier molecular flexibility index (Phi) is 13.2. The highest BCUT2D eigenvalue weighted by Crippen LogP contribution is 2.27. The van der Waals surface area contributed by atoms with Gasteiger partial charge in [-0.25, -0.2) is 14.4 Å². The zero-order valence-corrected chi connectivity index (χ0v) is 18.5. The minimum Gasteiger partial charge on any atom is -0.477 e. The minimum atomic E-state index is -1.18. The first-order chi connectivity index (χ1) is 13.6. The van der Waals surface area contributed by atoms with Crippen LogP contribution in [-0.2, 0) is 14.4 Å². The molecule has 0 aliphatic rings. The Labute approximate surface area is 175 Å². The Morgan fingerprint density at radius 1 is 0.690 bits per heavy atom. The van der Waals surface area contributed by atoms with E-state index in [1.807, 2.05) is 0 Å². The highest BCUT2D eigenvalue weighted by Gasteiger charge is 2.52. The number of carboxylic acid groups (broad SMARTS) is 3. The Balaban J connectivity index is 4.82. The molecule has 0 rings (SSSR count). The van der Waals surface area contributed by atoms with Gasteiger partial charge in [0, 0.05) is 0 Å². The number of allylic oxidation sites excluding steroid dienone is 2. The number of carbonyl (C=O) groups is 3. The number of hydrogen-bond donors (Lipinski definition) is 3. The second kappa shape index (κ2) is 14.1. The normalized spacial score (nSPS) is 16.8. The van der Waals surface area contributed by atoms with Crippen LogP contribution in [0.3, 0.4) is 0 Å². The van der Waals surface area contributed by atoms with E-state index in [0.29, 0.717) is 6.42 Å². The molecule has 0 aromatic carbocycles. The van der Waals surface area contributed by atoms with Crippen LogP contribution >= 0.6 is 0 Å². The number of aliphatic carboxylic acids is 3. The van der Waals surface area contributed by atoms with Gasteiger partial charge in [-0.05, 0) is 52.9 Å². The summed E-state index contributed by atoms with van der Waals surface area (Å²) in [4.78, 5) is 35.1. The quantitative estimate of drug-likeness (QED) is 0.186. The molecule has 0 bridgehead atoms. The van der Waals surface area contributed by atoms with Gasteiger partial charge >= 0.3 is 17.9 Å². The average Bonchev–Trinajstić information content (AvgIpc) is 2.67. The summed E-state index contributed by atoms with van der Waals surface area (Å²) in [5.41, 5.74) is 0. The summed E-state index contributed by atoms with van der Waals surface area (Å²) in [6, 6.07) is -3.37. The Bertz CT molecular complexity index is 495. The van der Waals surface area contributed by atoms with E-state index in [1.54, 1.807) is 0 Å². The fourth-order valence-corrected chi connectivity index (χ4v) is 4.02. The molecule has 7 nitrogen and oxygen atoms in total. The molecule has 0 heterocycles. The van der Waals surface area contributed by atoms with Crippen molar-refractivity contribution < 1.29 is 34.2 Å². The maximum atomic E-state index is 11.7. The lowest BCUT2D eigenvalue weighted by Gasteiger charge is -2.47. The molecule has 7 heteroatoms. The van der Waals surface area contributed by atoms with Crippen LogP contribution in [0, 0.1) is 0 Å². The van der Waals surface area contributed by atoms with E-state index in [0.717, 1.165) is 38.5 Å². The predicted molar refractivity (Wildman–Crippen MR) is 113 cm³/mol. The molecular formula is C22H40NO6+. The zero-order chi connectivity index (χ0) is 22.4. The molecular weight excluding hydrogens is 374 g/mol. The maximum absolute atomic E-state index is 11.7. The third-order valence-electron chi connectivity index (χ3n) is 6.05. The molecule has 0 aliphatic carbocycles. The topological polar surface area (TPSA) is 112 Å². The summed E-state index contributed by atoms with van der Waals surface area (Å²) < 4.78 is -0.482. The number of hydrogen-bond acceptors (Lipinski definition) is 3. The molecule has 0 radical (unpaired) electrons. The molecule has 168 valence electrons. The first-order valence-corrected chi connectivity index (χ1v) is 10.8. The zero-order valence-electron chi connectivity index (χ0n) is 18.5. The Morgan fingerprint density at radius 2 is 1.07 bits per heavy atom. The lowest BCUT2D eigenvalue weighted by molar-refractivity contribution is -0.968. The highest BCUT2D eigenvalue weighted by molar-refractivity contribution is 5.77. The van der Waals surface area contributed by atoms with Crippen molar-refractivity contribution in [2.45, 2.75) is 104 Å². The van der Waals surface area contributed by atoms with Crippen molar-refractivity contribution in [2.24, 2.45) is 0 Å². The first kappa shape index (κ1) is 27.1. The van der Waals surface area contributed by atoms with Crippen LogP contribution in [0.15, 0.2) is 12.2 Å². The third kappa shape index (κ3) is 8.56. The number of quaternary nitrogens is 1. The summed E-state index contributed by atoms with van der Waals surface area (Å²) in [6.07, 6.45) is 13.6. The van der Waals surface area contributed by atoms with E-state index in [4.69, 9.17) is 0 Å². The van der Waals surface area contributed by atoms with Crippen molar-refractivity contribution in [1.82, 2.24) is 0 Å². The van der Waals surface area contributed by atoms with Crippen molar-refractivity contribution in [1.29, 1.82) is 0 Å². The molecule has 0 aliphatic heterocycles. The van der Waals surface area contributed by atoms with Crippen molar-refractivity contribution in [2.75, 3.05) is 6.54 Å². The molecule has 3 unspecified atom stereocenters. The van der Waals surface area contributed by atoms with Crippen LogP contribution in [0.25, 0.3) is 0 Å². The van der Waals surface area contributed by atoms with Gasteiger partial charge in [-0.1, -0.05) is 44.8 Å². The van der Waals surface area contributed by atoms with Gasteiger partial charge in [0.25, 0.3) is 0 Å². The maximum Gasteiger partial charge on any atom is 0.362 e. The van der Waals surface area contributed by atoms with E-state index >= 15 is 0 Å². The standard InChI is InChI=1S/C22H39NO6/c1-5-6-7-8-9-10-11-12-13-14-15-16-23(17(2)20(24)25,18(3)21(26)27)19(4)22(28)29/h6-7,17-19H,5,8-16H2,1-4H3,(H2-,24,25,26,27,28,29)/p+1/b7-6+. The molecule has 0 aromatic heterocycles. The monoisotopic (exact) mass is 414 g/mol. The largest absolute Gasteiger partial charge is 0.477 e. The molecule has 0 fully saturated rings. The Morgan fingerprint density at radius 3 is 1.45 bits per heavy atom. The summed E-state index contributed by atoms with van der Waals surface area (Å²) in [6.45, 7) is 6.57. The van der Waals surface area contributed by atoms with Crippen LogP contribution in [0.1, 0.15) is 85.5 Å². The fraction of sp³-hybridized carbons (Fsp3) is 0.773. The number of nitrogens with zero attached hydrogens (tertiary/aromatic N) is 1. The lowest BCUT2D eigenvalue weighted by Crippen LogP contribution is -2.70. The van der Waals surface area contributed by atoms with Crippen LogP contribution in [0.2, 0.25) is 0 Å². The SMILES string of the molecule is CC/C=C/CCCCCCCCC[N+](C(C)C(=O)O)(C(C)C(=O)O)C(C)C(=O)O. The van der Waals surface area contributed by atoms with Gasteiger partial charge in [0.15, 0.2) is 18.1 Å². The van der Waals surface area contributed by atoms with E-state index < -0.39 is 40.5 Å². The highest BCUT2D eigenvalue weighted by atomic mass is 16.4. The van der Waals surface area contributed by atoms with Gasteiger partial charge in [0.1, 0.15) is 0 Å². The summed E-state index contributed by atoms with van der Waals surface area (Å²) in [5, 5.41) is 28.6. The van der Waals surface area contributed by atoms with E-state index in [9.17, 15) is 29.7 Å². The van der Waals surface area contributed by atoms with Crippen LogP contribution < -0.4 is 0 Å². The fourth-order valence-electron chi connectivity index (χ4n) is 4.02. The summed E-state index contributed by atoms with van der Waals surface area (Å²) >= 11 is 0. The molecule has 0 aromatic rings. The van der Waals surface area contributed by atoms with Crippen LogP contribution in [0.5, 0.6) is 0 Å². The minimum absolute atomic E-state index is 0.218. The van der Waals surface area contributed by atoms with Gasteiger partial charge in [-0.15, -0.1) is 0 Å². The van der Waals surface area contributed by atoms with Crippen molar-refractivity contribution in [3.05, 3.63) is 12.2 Å². The van der Waals surface area contributed by atoms with Crippen LogP contribution in [0.4, 0.5) is 0 Å². The van der Waals surface area contributed by atoms with Gasteiger partial charge in [-0.2, -0.15) is 0 Å². The molecule has 0 saturated carbocycles. The second-order valence-electron chi connectivity index (χ2n) is 7.90. The predicted octanol–water partition coefficient (Wildman–Crippen LogP) is 4.31. The van der Waals surface area contributed by atoms with Gasteiger partial charge in [0.2, 0.25) is 0 Å². The smallest absolute Gasteiger partial charge is 0.362 e. The summed E-state index contributed by atoms with van der Waals surface area (Å²) in [7, 11) is 0. The summed E-state index contributed by atoms with van der Waals surface area (Å²) in [5.74, 6) is -3.53. The Hall–Kier alpha value is -1.89. The molecule has 0 amide bonds. The second-order valence-corrected chi connectivity index (χ2v) is 7.90. The van der Waals surface area contributed by atoms with E-state index in [1.165, 1.54) is 33.6 Å². The number of rotatable bonds is 17. The molecule has 29 heavy (non-hydrogen) atoms. The number of carboxylic acids is 3. The first-order valence-electron chi connectivity index (χ1n) is 10.8. The molecule has 3 N–H and O–H groups in total. The molecule has 0 saturated heterocycles. The van der Waals surface area contributed by atoms with Crippen LogP contribution in [-0.4, -0.2) is 62.4 Å². The molecule has 3 atom stereocenters. The van der Waals surface area contributed by atoms with E-state index in [-0.39, 0.29) is 6.54 Å². The number of unbranched alkanes of at least 4 members (excludes halogenated alkanes) is 7.